The molecule has 108 valence electrons. The van der Waals surface area contributed by atoms with Gasteiger partial charge < -0.3 is 0 Å². The molecule has 0 N–H and O–H groups in total. The van der Waals surface area contributed by atoms with E-state index in [0.29, 0.717) is 29.0 Å². The van der Waals surface area contributed by atoms with Crippen LogP contribution in [0.15, 0.2) is 0 Å². The third-order valence-electron chi connectivity index (χ3n) is 3.33. The van der Waals surface area contributed by atoms with Crippen molar-refractivity contribution in [2.24, 2.45) is 0 Å². The van der Waals surface area contributed by atoms with Gasteiger partial charge in [-0.05, 0) is 38.5 Å². The average Bonchev–Trinajstić information content (AvgIpc) is 2.36. The number of halogens is 6. The molecule has 1 rings (SSSR count). The van der Waals surface area contributed by atoms with Gasteiger partial charge in [-0.3, -0.25) is 0 Å². The second-order valence-corrected chi connectivity index (χ2v) is 11.9. The zero-order valence-electron chi connectivity index (χ0n) is 9.97. The zero-order chi connectivity index (χ0) is 13.7. The Morgan fingerprint density at radius 3 is 0.556 bits per heavy atom. The van der Waals surface area contributed by atoms with E-state index in [4.69, 9.17) is 0 Å². The highest BCUT2D eigenvalue weighted by atomic mass is 79.9. The largest absolute Gasteiger partial charge is 0.0879 e. The fourth-order valence-corrected chi connectivity index (χ4v) is 5.21. The van der Waals surface area contributed by atoms with E-state index in [0.717, 1.165) is 0 Å². The SMILES string of the molecule is Br[C@@H]1CC[C@@H](Br)[C@@H](Br)CC[C@H](Br)[C@H](Br)CC[C@H]1Br. The van der Waals surface area contributed by atoms with Crippen LogP contribution in [-0.2, 0) is 0 Å². The number of hydrogen-bond acceptors (Lipinski definition) is 0. The summed E-state index contributed by atoms with van der Waals surface area (Å²) >= 11 is 22.9. The summed E-state index contributed by atoms with van der Waals surface area (Å²) in [6.07, 6.45) is 7.24. The Bertz CT molecular complexity index is 175. The first kappa shape index (κ1) is 18.9. The molecule has 1 aliphatic rings. The molecule has 6 atom stereocenters. The van der Waals surface area contributed by atoms with E-state index in [2.05, 4.69) is 95.6 Å². The molecule has 1 fully saturated rings. The van der Waals surface area contributed by atoms with E-state index >= 15 is 0 Å². The number of hydrogen-bond donors (Lipinski definition) is 0. The lowest BCUT2D eigenvalue weighted by Crippen LogP contribution is -2.25. The summed E-state index contributed by atoms with van der Waals surface area (Å²) in [5.74, 6) is 0. The third kappa shape index (κ3) is 6.76. The van der Waals surface area contributed by atoms with Gasteiger partial charge in [0, 0.05) is 29.0 Å². The second-order valence-electron chi connectivity index (χ2n) is 4.83. The molecule has 0 heterocycles. The van der Waals surface area contributed by atoms with Crippen molar-refractivity contribution in [1.82, 2.24) is 0 Å². The van der Waals surface area contributed by atoms with Crippen molar-refractivity contribution in [2.75, 3.05) is 0 Å². The van der Waals surface area contributed by atoms with E-state index in [-0.39, 0.29) is 0 Å². The standard InChI is InChI=1S/C12H18Br6/c13-7-1-2-8(14)10(16)5-6-12(18)11(17)4-3-9(7)15/h7-12H,1-6H2/t7-,8-,9-,10+,11-,12+/m1/s1. The minimum absolute atomic E-state index is 0.560. The fourth-order valence-electron chi connectivity index (χ4n) is 2.04. The van der Waals surface area contributed by atoms with Crippen LogP contribution < -0.4 is 0 Å². The Morgan fingerprint density at radius 1 is 0.333 bits per heavy atom. The van der Waals surface area contributed by atoms with Crippen LogP contribution in [0, 0.1) is 0 Å². The summed E-state index contributed by atoms with van der Waals surface area (Å²) in [7, 11) is 0. The molecule has 0 saturated heterocycles. The molecule has 6 heteroatoms. The molecule has 18 heavy (non-hydrogen) atoms. The molecule has 0 aliphatic heterocycles. The van der Waals surface area contributed by atoms with E-state index in [1.807, 2.05) is 0 Å². The fraction of sp³-hybridized carbons (Fsp3) is 1.00. The highest BCUT2D eigenvalue weighted by Gasteiger charge is 2.25. The Morgan fingerprint density at radius 2 is 0.444 bits per heavy atom. The van der Waals surface area contributed by atoms with Crippen molar-refractivity contribution < 1.29 is 0 Å². The van der Waals surface area contributed by atoms with Crippen molar-refractivity contribution in [3.8, 4) is 0 Å². The zero-order valence-corrected chi connectivity index (χ0v) is 19.5. The van der Waals surface area contributed by atoms with Crippen LogP contribution in [0.5, 0.6) is 0 Å². The molecule has 0 aromatic carbocycles. The summed E-state index contributed by atoms with van der Waals surface area (Å²) in [5, 5.41) is 0. The van der Waals surface area contributed by atoms with Gasteiger partial charge in [0.15, 0.2) is 0 Å². The molecular formula is C12H18Br6. The quantitative estimate of drug-likeness (QED) is 0.252. The van der Waals surface area contributed by atoms with Crippen LogP contribution in [0.2, 0.25) is 0 Å². The van der Waals surface area contributed by atoms with Gasteiger partial charge in [0.1, 0.15) is 0 Å². The molecule has 0 spiro atoms. The van der Waals surface area contributed by atoms with Crippen LogP contribution in [-0.4, -0.2) is 29.0 Å². The maximum absolute atomic E-state index is 3.82. The van der Waals surface area contributed by atoms with Gasteiger partial charge in [0.25, 0.3) is 0 Å². The Hall–Kier alpha value is 2.88. The topological polar surface area (TPSA) is 0 Å². The van der Waals surface area contributed by atoms with Crippen LogP contribution in [0.1, 0.15) is 38.5 Å². The molecular weight excluding hydrogens is 624 g/mol. The second kappa shape index (κ2) is 9.81. The first-order valence-electron chi connectivity index (χ1n) is 6.26. The molecule has 1 saturated carbocycles. The average molecular weight is 642 g/mol. The van der Waals surface area contributed by atoms with Gasteiger partial charge in [-0.15, -0.1) is 0 Å². The summed E-state index contributed by atoms with van der Waals surface area (Å²) < 4.78 is 0. The highest BCUT2D eigenvalue weighted by molar-refractivity contribution is 9.13. The third-order valence-corrected chi connectivity index (χ3v) is 12.0. The van der Waals surface area contributed by atoms with Gasteiger partial charge in [-0.2, -0.15) is 0 Å². The first-order chi connectivity index (χ1) is 8.41. The lowest BCUT2D eigenvalue weighted by Gasteiger charge is -2.25. The van der Waals surface area contributed by atoms with Gasteiger partial charge in [0.2, 0.25) is 0 Å². The van der Waals surface area contributed by atoms with E-state index in [1.54, 1.807) is 0 Å². The van der Waals surface area contributed by atoms with E-state index < -0.39 is 0 Å². The molecule has 0 nitrogen and oxygen atoms in total. The summed E-state index contributed by atoms with van der Waals surface area (Å²) in [6, 6.07) is 0. The van der Waals surface area contributed by atoms with Crippen molar-refractivity contribution in [3.05, 3.63) is 0 Å². The van der Waals surface area contributed by atoms with E-state index in [1.165, 1.54) is 38.5 Å². The smallest absolute Gasteiger partial charge is 0.0271 e. The highest BCUT2D eigenvalue weighted by Crippen LogP contribution is 2.34. The summed E-state index contributed by atoms with van der Waals surface area (Å²) in [4.78, 5) is 3.36. The Kier molecular flexibility index (Phi) is 10.3. The number of alkyl halides is 6. The minimum atomic E-state index is 0.560. The van der Waals surface area contributed by atoms with Gasteiger partial charge in [0.05, 0.1) is 0 Å². The Labute approximate surface area is 161 Å². The molecule has 0 aromatic heterocycles. The normalized spacial score (nSPS) is 45.0. The number of rotatable bonds is 0. The lowest BCUT2D eigenvalue weighted by atomic mass is 10.0. The van der Waals surface area contributed by atoms with Crippen LogP contribution in [0.4, 0.5) is 0 Å². The van der Waals surface area contributed by atoms with Gasteiger partial charge in [-0.1, -0.05) is 95.6 Å². The Balaban J connectivity index is 2.61. The predicted octanol–water partition coefficient (Wildman–Crippen LogP) is 6.92. The molecule has 0 unspecified atom stereocenters. The van der Waals surface area contributed by atoms with Crippen molar-refractivity contribution >= 4 is 95.6 Å². The predicted molar refractivity (Wildman–Crippen MR) is 104 cm³/mol. The maximum atomic E-state index is 3.82. The molecule has 0 bridgehead atoms. The maximum Gasteiger partial charge on any atom is 0.0271 e. The minimum Gasteiger partial charge on any atom is -0.0879 e. The van der Waals surface area contributed by atoms with Crippen molar-refractivity contribution in [3.63, 3.8) is 0 Å². The monoisotopic (exact) mass is 636 g/mol. The summed E-state index contributed by atoms with van der Waals surface area (Å²) in [6.45, 7) is 0. The van der Waals surface area contributed by atoms with Crippen molar-refractivity contribution in [1.29, 1.82) is 0 Å². The van der Waals surface area contributed by atoms with E-state index in [9.17, 15) is 0 Å². The van der Waals surface area contributed by atoms with Crippen LogP contribution in [0.25, 0.3) is 0 Å². The molecule has 0 amide bonds. The first-order valence-corrected chi connectivity index (χ1v) is 11.8. The lowest BCUT2D eigenvalue weighted by molar-refractivity contribution is 0.557. The molecule has 1 aliphatic carbocycles. The summed E-state index contributed by atoms with van der Waals surface area (Å²) in [5.41, 5.74) is 0. The van der Waals surface area contributed by atoms with Crippen molar-refractivity contribution in [2.45, 2.75) is 67.5 Å². The molecule has 0 aromatic rings. The van der Waals surface area contributed by atoms with Gasteiger partial charge >= 0.3 is 0 Å². The van der Waals surface area contributed by atoms with Crippen LogP contribution >= 0.6 is 95.6 Å². The van der Waals surface area contributed by atoms with Gasteiger partial charge in [-0.25, -0.2) is 0 Å². The molecule has 0 radical (unpaired) electrons. The van der Waals surface area contributed by atoms with Crippen LogP contribution in [0.3, 0.4) is 0 Å².